The Hall–Kier alpha value is -3.47. The summed E-state index contributed by atoms with van der Waals surface area (Å²) in [6.07, 6.45) is 3.62. The van der Waals surface area contributed by atoms with Crippen LogP contribution in [0.15, 0.2) is 47.1 Å². The molecule has 0 unspecified atom stereocenters. The standard InChI is InChI=1S/C21H25N3O7S/c1-29-17-8-4-3-7-15(17)19(26)23-16(9-11-32-2)20(27)31-13-18(25)24-21(28)22-12-14-6-5-10-30-14/h3-8,10,16H,9,11-13H2,1-2H3,(H,23,26)(H2,22,24,25,28)/t16-/m0/s1. The molecule has 0 saturated carbocycles. The summed E-state index contributed by atoms with van der Waals surface area (Å²) in [7, 11) is 1.44. The number of thioether (sulfide) groups is 1. The molecule has 3 N–H and O–H groups in total. The Kier molecular flexibility index (Phi) is 10.1. The van der Waals surface area contributed by atoms with Gasteiger partial charge in [-0.05, 0) is 42.7 Å². The molecule has 0 bridgehead atoms. The minimum atomic E-state index is -0.972. The third kappa shape index (κ3) is 7.99. The number of esters is 1. The smallest absolute Gasteiger partial charge is 0.329 e. The third-order valence-corrected chi connectivity index (χ3v) is 4.80. The zero-order valence-corrected chi connectivity index (χ0v) is 18.5. The number of benzene rings is 1. The number of methoxy groups -OCH3 is 1. The van der Waals surface area contributed by atoms with E-state index in [1.165, 1.54) is 25.1 Å². The summed E-state index contributed by atoms with van der Waals surface area (Å²) < 4.78 is 15.2. The zero-order chi connectivity index (χ0) is 23.3. The molecule has 1 heterocycles. The Balaban J connectivity index is 1.86. The molecule has 1 aromatic heterocycles. The second-order valence-corrected chi connectivity index (χ2v) is 7.41. The first-order chi connectivity index (χ1) is 15.4. The highest BCUT2D eigenvalue weighted by molar-refractivity contribution is 7.98. The predicted octanol–water partition coefficient (Wildman–Crippen LogP) is 1.71. The molecule has 1 atom stereocenters. The van der Waals surface area contributed by atoms with Crippen LogP contribution in [0.1, 0.15) is 22.5 Å². The Morgan fingerprint density at radius 2 is 1.91 bits per heavy atom. The van der Waals surface area contributed by atoms with Crippen LogP contribution in [-0.2, 0) is 20.9 Å². The number of imide groups is 1. The number of nitrogens with one attached hydrogen (secondary N) is 3. The number of hydrogen-bond acceptors (Lipinski definition) is 8. The van der Waals surface area contributed by atoms with Gasteiger partial charge in [-0.15, -0.1) is 0 Å². The zero-order valence-electron chi connectivity index (χ0n) is 17.7. The lowest BCUT2D eigenvalue weighted by Crippen LogP contribution is -2.45. The second kappa shape index (κ2) is 13.1. The van der Waals surface area contributed by atoms with Gasteiger partial charge in [0.2, 0.25) is 0 Å². The van der Waals surface area contributed by atoms with Gasteiger partial charge >= 0.3 is 12.0 Å². The van der Waals surface area contributed by atoms with Crippen molar-refractivity contribution < 1.29 is 33.1 Å². The fraction of sp³-hybridized carbons (Fsp3) is 0.333. The summed E-state index contributed by atoms with van der Waals surface area (Å²) in [4.78, 5) is 48.7. The average molecular weight is 464 g/mol. The topological polar surface area (TPSA) is 136 Å². The number of urea groups is 1. The number of carbonyl (C=O) groups is 4. The van der Waals surface area contributed by atoms with Crippen LogP contribution in [0.4, 0.5) is 4.79 Å². The SMILES string of the molecule is COc1ccccc1C(=O)N[C@@H](CCSC)C(=O)OCC(=O)NC(=O)NCc1ccco1. The van der Waals surface area contributed by atoms with E-state index in [4.69, 9.17) is 13.9 Å². The molecule has 4 amide bonds. The maximum absolute atomic E-state index is 12.6. The summed E-state index contributed by atoms with van der Waals surface area (Å²) >= 11 is 1.49. The third-order valence-electron chi connectivity index (χ3n) is 4.15. The van der Waals surface area contributed by atoms with Gasteiger partial charge in [-0.2, -0.15) is 11.8 Å². The largest absolute Gasteiger partial charge is 0.496 e. The minimum absolute atomic E-state index is 0.0949. The van der Waals surface area contributed by atoms with Crippen molar-refractivity contribution in [2.24, 2.45) is 0 Å². The van der Waals surface area contributed by atoms with Crippen molar-refractivity contribution >= 4 is 35.6 Å². The molecule has 0 aliphatic heterocycles. The Labute approximate surface area is 189 Å². The van der Waals surface area contributed by atoms with Crippen LogP contribution < -0.4 is 20.7 Å². The van der Waals surface area contributed by atoms with Crippen LogP contribution in [-0.4, -0.2) is 55.6 Å². The Morgan fingerprint density at radius 3 is 2.59 bits per heavy atom. The van der Waals surface area contributed by atoms with Gasteiger partial charge < -0.3 is 24.5 Å². The average Bonchev–Trinajstić information content (AvgIpc) is 3.32. The Morgan fingerprint density at radius 1 is 1.12 bits per heavy atom. The maximum atomic E-state index is 12.6. The maximum Gasteiger partial charge on any atom is 0.329 e. The summed E-state index contributed by atoms with van der Waals surface area (Å²) in [5.74, 6) is -0.646. The first kappa shape index (κ1) is 24.8. The second-order valence-electron chi connectivity index (χ2n) is 6.43. The van der Waals surface area contributed by atoms with Gasteiger partial charge in [0.15, 0.2) is 6.61 Å². The number of para-hydroxylation sites is 1. The molecule has 0 fully saturated rings. The fourth-order valence-corrected chi connectivity index (χ4v) is 3.05. The van der Waals surface area contributed by atoms with Gasteiger partial charge in [0.1, 0.15) is 17.6 Å². The molecule has 1 aromatic carbocycles. The van der Waals surface area contributed by atoms with Gasteiger partial charge in [0, 0.05) is 0 Å². The van der Waals surface area contributed by atoms with Crippen LogP contribution in [0.5, 0.6) is 5.75 Å². The highest BCUT2D eigenvalue weighted by atomic mass is 32.2. The van der Waals surface area contributed by atoms with Gasteiger partial charge in [0.05, 0.1) is 25.5 Å². The van der Waals surface area contributed by atoms with E-state index in [9.17, 15) is 19.2 Å². The van der Waals surface area contributed by atoms with Crippen molar-refractivity contribution in [3.05, 3.63) is 54.0 Å². The lowest BCUT2D eigenvalue weighted by molar-refractivity contribution is -0.150. The van der Waals surface area contributed by atoms with Gasteiger partial charge in [-0.1, -0.05) is 12.1 Å². The first-order valence-electron chi connectivity index (χ1n) is 9.64. The highest BCUT2D eigenvalue weighted by Crippen LogP contribution is 2.17. The molecular formula is C21H25N3O7S. The fourth-order valence-electron chi connectivity index (χ4n) is 2.58. The number of amides is 4. The number of rotatable bonds is 11. The molecule has 2 rings (SSSR count). The lowest BCUT2D eigenvalue weighted by atomic mass is 10.1. The minimum Gasteiger partial charge on any atom is -0.496 e. The van der Waals surface area contributed by atoms with Crippen LogP contribution in [0.3, 0.4) is 0 Å². The summed E-state index contributed by atoms with van der Waals surface area (Å²) in [6, 6.07) is 8.20. The van der Waals surface area contributed by atoms with Crippen molar-refractivity contribution in [2.45, 2.75) is 19.0 Å². The molecular weight excluding hydrogens is 438 g/mol. The molecule has 10 nitrogen and oxygen atoms in total. The monoisotopic (exact) mass is 463 g/mol. The Bertz CT molecular complexity index is 918. The first-order valence-corrected chi connectivity index (χ1v) is 11.0. The van der Waals surface area contributed by atoms with E-state index in [1.807, 2.05) is 11.6 Å². The van der Waals surface area contributed by atoms with E-state index in [0.717, 1.165) is 0 Å². The van der Waals surface area contributed by atoms with Gasteiger partial charge in [-0.25, -0.2) is 9.59 Å². The van der Waals surface area contributed by atoms with E-state index in [2.05, 4.69) is 10.6 Å². The van der Waals surface area contributed by atoms with Crippen molar-refractivity contribution in [1.29, 1.82) is 0 Å². The molecule has 0 saturated heterocycles. The van der Waals surface area contributed by atoms with Crippen LogP contribution in [0.25, 0.3) is 0 Å². The van der Waals surface area contributed by atoms with Gasteiger partial charge in [-0.3, -0.25) is 14.9 Å². The van der Waals surface area contributed by atoms with E-state index in [-0.39, 0.29) is 12.1 Å². The van der Waals surface area contributed by atoms with Crippen molar-refractivity contribution in [3.8, 4) is 5.75 Å². The van der Waals surface area contributed by atoms with E-state index >= 15 is 0 Å². The van der Waals surface area contributed by atoms with Crippen molar-refractivity contribution in [2.75, 3.05) is 25.7 Å². The van der Waals surface area contributed by atoms with E-state index < -0.39 is 36.5 Å². The number of ether oxygens (including phenoxy) is 2. The molecule has 0 aliphatic carbocycles. The van der Waals surface area contributed by atoms with Crippen molar-refractivity contribution in [3.63, 3.8) is 0 Å². The number of carbonyl (C=O) groups excluding carboxylic acids is 4. The van der Waals surface area contributed by atoms with E-state index in [1.54, 1.807) is 36.4 Å². The van der Waals surface area contributed by atoms with Crippen LogP contribution in [0, 0.1) is 0 Å². The summed E-state index contributed by atoms with van der Waals surface area (Å²) in [5.41, 5.74) is 0.267. The summed E-state index contributed by atoms with van der Waals surface area (Å²) in [5, 5.41) is 7.09. The predicted molar refractivity (Wildman–Crippen MR) is 117 cm³/mol. The quantitative estimate of drug-likeness (QED) is 0.429. The van der Waals surface area contributed by atoms with Crippen LogP contribution >= 0.6 is 11.8 Å². The molecule has 0 spiro atoms. The highest BCUT2D eigenvalue weighted by Gasteiger charge is 2.25. The van der Waals surface area contributed by atoms with Gasteiger partial charge in [0.25, 0.3) is 11.8 Å². The molecule has 0 radical (unpaired) electrons. The number of furan rings is 1. The number of hydrogen-bond donors (Lipinski definition) is 3. The lowest BCUT2D eigenvalue weighted by Gasteiger charge is -2.18. The summed E-state index contributed by atoms with van der Waals surface area (Å²) in [6.45, 7) is -0.578. The molecule has 172 valence electrons. The van der Waals surface area contributed by atoms with Crippen LogP contribution in [0.2, 0.25) is 0 Å². The normalized spacial score (nSPS) is 11.2. The van der Waals surface area contributed by atoms with E-state index in [0.29, 0.717) is 23.7 Å². The molecule has 11 heteroatoms. The molecule has 32 heavy (non-hydrogen) atoms. The molecule has 2 aromatic rings. The van der Waals surface area contributed by atoms with Crippen molar-refractivity contribution in [1.82, 2.24) is 16.0 Å². The molecule has 0 aliphatic rings.